The Labute approximate surface area is 82.3 Å². The lowest BCUT2D eigenvalue weighted by Gasteiger charge is -2.17. The van der Waals surface area contributed by atoms with E-state index in [0.717, 1.165) is 25.7 Å². The van der Waals surface area contributed by atoms with Crippen LogP contribution >= 0.6 is 15.9 Å². The molecular formula is C7H14BrNO2S. The van der Waals surface area contributed by atoms with E-state index < -0.39 is 10.0 Å². The minimum absolute atomic E-state index is 0.0556. The Balaban J connectivity index is 2.60. The highest BCUT2D eigenvalue weighted by Crippen LogP contribution is 2.14. The quantitative estimate of drug-likeness (QED) is 0.703. The zero-order valence-electron chi connectivity index (χ0n) is 7.00. The van der Waals surface area contributed by atoms with Gasteiger partial charge >= 0.3 is 0 Å². The molecule has 0 aromatic rings. The molecule has 0 aliphatic carbocycles. The highest BCUT2D eigenvalue weighted by molar-refractivity contribution is 9.10. The molecule has 0 saturated carbocycles. The van der Waals surface area contributed by atoms with Crippen LogP contribution in [0.15, 0.2) is 0 Å². The topological polar surface area (TPSA) is 37.4 Å². The SMILES string of the molecule is O=S(=O)(CBr)N1CCCCCC1. The smallest absolute Gasteiger partial charge is 0.211 e. The molecule has 0 spiro atoms. The lowest BCUT2D eigenvalue weighted by Crippen LogP contribution is -2.32. The third kappa shape index (κ3) is 2.71. The first-order chi connectivity index (χ1) is 5.67. The molecule has 1 saturated heterocycles. The first kappa shape index (κ1) is 10.5. The van der Waals surface area contributed by atoms with Crippen molar-refractivity contribution in [1.82, 2.24) is 4.31 Å². The van der Waals surface area contributed by atoms with E-state index in [4.69, 9.17) is 0 Å². The average Bonchev–Trinajstić information content (AvgIpc) is 2.32. The van der Waals surface area contributed by atoms with Gasteiger partial charge in [-0.15, -0.1) is 0 Å². The van der Waals surface area contributed by atoms with E-state index in [1.165, 1.54) is 0 Å². The highest BCUT2D eigenvalue weighted by Gasteiger charge is 2.20. The normalized spacial score (nSPS) is 22.1. The van der Waals surface area contributed by atoms with Crippen molar-refractivity contribution in [3.05, 3.63) is 0 Å². The molecule has 1 rings (SSSR count). The molecule has 1 aliphatic heterocycles. The van der Waals surface area contributed by atoms with E-state index >= 15 is 0 Å². The number of hydrogen-bond donors (Lipinski definition) is 0. The van der Waals surface area contributed by atoms with Crippen LogP contribution in [0, 0.1) is 0 Å². The summed E-state index contributed by atoms with van der Waals surface area (Å²) in [6.45, 7) is 1.40. The lowest BCUT2D eigenvalue weighted by atomic mass is 10.2. The van der Waals surface area contributed by atoms with E-state index in [1.54, 1.807) is 4.31 Å². The van der Waals surface area contributed by atoms with Crippen LogP contribution in [0.5, 0.6) is 0 Å². The molecule has 0 radical (unpaired) electrons. The van der Waals surface area contributed by atoms with Gasteiger partial charge in [-0.3, -0.25) is 0 Å². The standard InChI is InChI=1S/C7H14BrNO2S/c8-7-12(10,11)9-5-3-1-2-4-6-9/h1-7H2. The zero-order valence-corrected chi connectivity index (χ0v) is 9.40. The number of nitrogens with zero attached hydrogens (tertiary/aromatic N) is 1. The van der Waals surface area contributed by atoms with Crippen LogP contribution < -0.4 is 0 Å². The van der Waals surface area contributed by atoms with Gasteiger partial charge in [-0.1, -0.05) is 28.8 Å². The van der Waals surface area contributed by atoms with Crippen molar-refractivity contribution < 1.29 is 8.42 Å². The van der Waals surface area contributed by atoms with Gasteiger partial charge < -0.3 is 0 Å². The van der Waals surface area contributed by atoms with Gasteiger partial charge in [-0.2, -0.15) is 0 Å². The van der Waals surface area contributed by atoms with Crippen molar-refractivity contribution in [2.75, 3.05) is 17.8 Å². The van der Waals surface area contributed by atoms with Gasteiger partial charge in [-0.05, 0) is 12.8 Å². The van der Waals surface area contributed by atoms with Crippen molar-refractivity contribution in [2.45, 2.75) is 25.7 Å². The van der Waals surface area contributed by atoms with Crippen LogP contribution in [-0.2, 0) is 10.0 Å². The van der Waals surface area contributed by atoms with Crippen molar-refractivity contribution in [1.29, 1.82) is 0 Å². The maximum atomic E-state index is 11.4. The van der Waals surface area contributed by atoms with Gasteiger partial charge in [0.15, 0.2) is 0 Å². The Hall–Kier alpha value is 0.390. The summed E-state index contributed by atoms with van der Waals surface area (Å²) in [6.07, 6.45) is 4.33. The Bertz CT molecular complexity index is 220. The number of sulfonamides is 1. The number of hydrogen-bond acceptors (Lipinski definition) is 2. The molecule has 1 heterocycles. The summed E-state index contributed by atoms with van der Waals surface area (Å²) in [6, 6.07) is 0. The molecule has 0 aromatic carbocycles. The Morgan fingerprint density at radius 3 is 2.00 bits per heavy atom. The summed E-state index contributed by atoms with van der Waals surface area (Å²) in [5, 5.41) is 0. The summed E-state index contributed by atoms with van der Waals surface area (Å²) >= 11 is 3.00. The van der Waals surface area contributed by atoms with Gasteiger partial charge in [0.25, 0.3) is 0 Å². The molecule has 5 heteroatoms. The monoisotopic (exact) mass is 255 g/mol. The second-order valence-electron chi connectivity index (χ2n) is 3.03. The fourth-order valence-electron chi connectivity index (χ4n) is 1.39. The number of alkyl halides is 1. The predicted octanol–water partition coefficient (Wildman–Crippen LogP) is 1.54. The molecule has 0 atom stereocenters. The van der Waals surface area contributed by atoms with Crippen LogP contribution in [0.1, 0.15) is 25.7 Å². The van der Waals surface area contributed by atoms with Crippen LogP contribution in [0.25, 0.3) is 0 Å². The second-order valence-corrected chi connectivity index (χ2v) is 6.31. The van der Waals surface area contributed by atoms with Crippen LogP contribution in [-0.4, -0.2) is 30.5 Å². The third-order valence-electron chi connectivity index (χ3n) is 2.10. The van der Waals surface area contributed by atoms with E-state index in [1.807, 2.05) is 0 Å². The zero-order chi connectivity index (χ0) is 9.03. The fraction of sp³-hybridized carbons (Fsp3) is 1.00. The third-order valence-corrected chi connectivity index (χ3v) is 5.26. The molecular weight excluding hydrogens is 242 g/mol. The Morgan fingerprint density at radius 1 is 1.08 bits per heavy atom. The summed E-state index contributed by atoms with van der Waals surface area (Å²) in [5.41, 5.74) is 0. The van der Waals surface area contributed by atoms with E-state index in [2.05, 4.69) is 15.9 Å². The predicted molar refractivity (Wildman–Crippen MR) is 52.8 cm³/mol. The summed E-state index contributed by atoms with van der Waals surface area (Å²) < 4.78 is 24.4. The van der Waals surface area contributed by atoms with Gasteiger partial charge in [0.2, 0.25) is 10.0 Å². The highest BCUT2D eigenvalue weighted by atomic mass is 79.9. The van der Waals surface area contributed by atoms with Gasteiger partial charge in [0.1, 0.15) is 4.66 Å². The lowest BCUT2D eigenvalue weighted by molar-refractivity contribution is 0.427. The van der Waals surface area contributed by atoms with Crippen molar-refractivity contribution in [2.24, 2.45) is 0 Å². The molecule has 0 unspecified atom stereocenters. The average molecular weight is 256 g/mol. The first-order valence-electron chi connectivity index (χ1n) is 4.20. The summed E-state index contributed by atoms with van der Waals surface area (Å²) in [7, 11) is -2.99. The Morgan fingerprint density at radius 2 is 1.58 bits per heavy atom. The number of rotatable bonds is 2. The molecule has 0 bridgehead atoms. The molecule has 0 amide bonds. The largest absolute Gasteiger partial charge is 0.224 e. The van der Waals surface area contributed by atoms with Gasteiger partial charge in [0, 0.05) is 13.1 Å². The maximum Gasteiger partial charge on any atom is 0.224 e. The molecule has 12 heavy (non-hydrogen) atoms. The van der Waals surface area contributed by atoms with Crippen molar-refractivity contribution >= 4 is 26.0 Å². The van der Waals surface area contributed by atoms with Crippen LogP contribution in [0.4, 0.5) is 0 Å². The minimum atomic E-state index is -2.99. The number of halogens is 1. The molecule has 1 aliphatic rings. The molecule has 1 fully saturated rings. The van der Waals surface area contributed by atoms with Crippen molar-refractivity contribution in [3.63, 3.8) is 0 Å². The maximum absolute atomic E-state index is 11.4. The molecule has 72 valence electrons. The second kappa shape index (κ2) is 4.58. The van der Waals surface area contributed by atoms with Crippen LogP contribution in [0.3, 0.4) is 0 Å². The summed E-state index contributed by atoms with van der Waals surface area (Å²) in [4.78, 5) is 0. The van der Waals surface area contributed by atoms with Crippen molar-refractivity contribution in [3.8, 4) is 0 Å². The van der Waals surface area contributed by atoms with E-state index in [0.29, 0.717) is 13.1 Å². The molecule has 3 nitrogen and oxygen atoms in total. The summed E-state index contributed by atoms with van der Waals surface area (Å²) in [5.74, 6) is 0. The first-order valence-corrected chi connectivity index (χ1v) is 6.93. The molecule has 0 aromatic heterocycles. The van der Waals surface area contributed by atoms with E-state index in [-0.39, 0.29) is 4.66 Å². The van der Waals surface area contributed by atoms with E-state index in [9.17, 15) is 8.42 Å². The van der Waals surface area contributed by atoms with Gasteiger partial charge in [-0.25, -0.2) is 12.7 Å². The molecule has 0 N–H and O–H groups in total. The Kier molecular flexibility index (Phi) is 3.99. The minimum Gasteiger partial charge on any atom is -0.211 e. The van der Waals surface area contributed by atoms with Crippen LogP contribution in [0.2, 0.25) is 0 Å². The fourth-order valence-corrected chi connectivity index (χ4v) is 3.21. The van der Waals surface area contributed by atoms with Gasteiger partial charge in [0.05, 0.1) is 0 Å².